The van der Waals surface area contributed by atoms with Crippen LogP contribution >= 0.6 is 11.3 Å². The predicted octanol–water partition coefficient (Wildman–Crippen LogP) is 3.33. The van der Waals surface area contributed by atoms with E-state index in [-0.39, 0.29) is 0 Å². The highest BCUT2D eigenvalue weighted by molar-refractivity contribution is 7.09. The largest absolute Gasteiger partial charge is 0.507 e. The maximum absolute atomic E-state index is 9.82. The number of rotatable bonds is 5. The number of aliphatic imine (C=N–C) groups is 1. The van der Waals surface area contributed by atoms with Gasteiger partial charge in [-0.3, -0.25) is 0 Å². The van der Waals surface area contributed by atoms with Crippen LogP contribution in [0, 0.1) is 13.8 Å². The van der Waals surface area contributed by atoms with Crippen LogP contribution in [0.3, 0.4) is 0 Å². The normalized spacial score (nSPS) is 11.5. The van der Waals surface area contributed by atoms with E-state index in [0.29, 0.717) is 12.3 Å². The molecule has 0 spiro atoms. The zero-order chi connectivity index (χ0) is 15.9. The Morgan fingerprint density at radius 1 is 1.23 bits per heavy atom. The molecule has 0 aliphatic rings. The summed E-state index contributed by atoms with van der Waals surface area (Å²) in [6, 6.07) is 8.12. The average molecular weight is 317 g/mol. The van der Waals surface area contributed by atoms with E-state index in [4.69, 9.17) is 0 Å². The minimum atomic E-state index is 0.371. The number of phenolic OH excluding ortho intramolecular Hbond substituents is 1. The van der Waals surface area contributed by atoms with Gasteiger partial charge < -0.3 is 15.7 Å². The SMILES string of the molecule is CCNC(=NCc1cc(C)c(O)c(C)c1)NCc1cccs1. The Morgan fingerprint density at radius 3 is 2.55 bits per heavy atom. The first-order valence-corrected chi connectivity index (χ1v) is 8.31. The standard InChI is InChI=1S/C17H23N3OS/c1-4-18-17(20-11-15-6-5-7-22-15)19-10-14-8-12(2)16(21)13(3)9-14/h5-9,21H,4,10-11H2,1-3H3,(H2,18,19,20). The van der Waals surface area contributed by atoms with E-state index in [1.165, 1.54) is 4.88 Å². The maximum atomic E-state index is 9.82. The van der Waals surface area contributed by atoms with Gasteiger partial charge in [-0.2, -0.15) is 0 Å². The van der Waals surface area contributed by atoms with Crippen LogP contribution < -0.4 is 10.6 Å². The highest BCUT2D eigenvalue weighted by Crippen LogP contribution is 2.23. The van der Waals surface area contributed by atoms with Crippen molar-refractivity contribution in [2.45, 2.75) is 33.9 Å². The Balaban J connectivity index is 2.03. The fraction of sp³-hybridized carbons (Fsp3) is 0.353. The monoisotopic (exact) mass is 317 g/mol. The molecule has 0 atom stereocenters. The van der Waals surface area contributed by atoms with Gasteiger partial charge in [-0.25, -0.2) is 4.99 Å². The first-order chi connectivity index (χ1) is 10.6. The molecule has 5 heteroatoms. The molecule has 0 amide bonds. The van der Waals surface area contributed by atoms with E-state index in [9.17, 15) is 5.11 Å². The number of hydrogen-bond donors (Lipinski definition) is 3. The lowest BCUT2D eigenvalue weighted by atomic mass is 10.1. The minimum absolute atomic E-state index is 0.371. The molecule has 2 rings (SSSR count). The van der Waals surface area contributed by atoms with Crippen molar-refractivity contribution in [2.75, 3.05) is 6.54 Å². The molecule has 22 heavy (non-hydrogen) atoms. The second kappa shape index (κ2) is 7.84. The third-order valence-electron chi connectivity index (χ3n) is 3.32. The predicted molar refractivity (Wildman–Crippen MR) is 93.6 cm³/mol. The van der Waals surface area contributed by atoms with Gasteiger partial charge in [0.2, 0.25) is 0 Å². The van der Waals surface area contributed by atoms with Crippen molar-refractivity contribution in [3.8, 4) is 5.75 Å². The van der Waals surface area contributed by atoms with Gasteiger partial charge in [0.1, 0.15) is 5.75 Å². The molecule has 3 N–H and O–H groups in total. The highest BCUT2D eigenvalue weighted by Gasteiger charge is 2.04. The molecule has 1 aromatic carbocycles. The van der Waals surface area contributed by atoms with Gasteiger partial charge in [0.05, 0.1) is 13.1 Å². The highest BCUT2D eigenvalue weighted by atomic mass is 32.1. The Bertz CT molecular complexity index is 612. The summed E-state index contributed by atoms with van der Waals surface area (Å²) in [7, 11) is 0. The summed E-state index contributed by atoms with van der Waals surface area (Å²) < 4.78 is 0. The second-order valence-corrected chi connectivity index (χ2v) is 6.24. The van der Waals surface area contributed by atoms with Crippen LogP contribution in [0.2, 0.25) is 0 Å². The number of hydrogen-bond acceptors (Lipinski definition) is 3. The first kappa shape index (κ1) is 16.4. The van der Waals surface area contributed by atoms with Gasteiger partial charge in [0.15, 0.2) is 5.96 Å². The average Bonchev–Trinajstić information content (AvgIpc) is 3.01. The molecule has 0 radical (unpaired) electrons. The topological polar surface area (TPSA) is 56.7 Å². The van der Waals surface area contributed by atoms with Crippen LogP contribution in [-0.4, -0.2) is 17.6 Å². The summed E-state index contributed by atoms with van der Waals surface area (Å²) in [5.41, 5.74) is 2.88. The summed E-state index contributed by atoms with van der Waals surface area (Å²) in [6.07, 6.45) is 0. The fourth-order valence-electron chi connectivity index (χ4n) is 2.23. The Hall–Kier alpha value is -2.01. The molecule has 0 fully saturated rings. The van der Waals surface area contributed by atoms with Gasteiger partial charge >= 0.3 is 0 Å². The first-order valence-electron chi connectivity index (χ1n) is 7.43. The summed E-state index contributed by atoms with van der Waals surface area (Å²) in [5, 5.41) is 18.5. The number of nitrogens with one attached hydrogen (secondary N) is 2. The molecule has 0 aliphatic heterocycles. The quantitative estimate of drug-likeness (QED) is 0.586. The Kier molecular flexibility index (Phi) is 5.83. The molecule has 118 valence electrons. The van der Waals surface area contributed by atoms with Crippen LogP contribution in [0.4, 0.5) is 0 Å². The number of thiophene rings is 1. The van der Waals surface area contributed by atoms with Crippen LogP contribution in [-0.2, 0) is 13.1 Å². The number of aromatic hydroxyl groups is 1. The van der Waals surface area contributed by atoms with Crippen molar-refractivity contribution in [3.63, 3.8) is 0 Å². The number of guanidine groups is 1. The number of phenols is 1. The lowest BCUT2D eigenvalue weighted by Crippen LogP contribution is -2.36. The van der Waals surface area contributed by atoms with Gasteiger partial charge in [0, 0.05) is 11.4 Å². The molecule has 1 heterocycles. The third-order valence-corrected chi connectivity index (χ3v) is 4.20. The van der Waals surface area contributed by atoms with E-state index in [1.807, 2.05) is 32.0 Å². The lowest BCUT2D eigenvalue weighted by Gasteiger charge is -2.11. The molecule has 1 aromatic heterocycles. The maximum Gasteiger partial charge on any atom is 0.191 e. The number of benzene rings is 1. The molecular formula is C17H23N3OS. The Labute approximate surface area is 135 Å². The fourth-order valence-corrected chi connectivity index (χ4v) is 2.88. The molecular weight excluding hydrogens is 294 g/mol. The van der Waals surface area contributed by atoms with Crippen LogP contribution in [0.25, 0.3) is 0 Å². The summed E-state index contributed by atoms with van der Waals surface area (Å²) in [4.78, 5) is 5.89. The molecule has 0 saturated heterocycles. The van der Waals surface area contributed by atoms with Crippen molar-refractivity contribution in [1.29, 1.82) is 0 Å². The smallest absolute Gasteiger partial charge is 0.191 e. The number of nitrogens with zero attached hydrogens (tertiary/aromatic N) is 1. The number of aryl methyl sites for hydroxylation is 2. The van der Waals surface area contributed by atoms with E-state index in [2.05, 4.69) is 34.0 Å². The van der Waals surface area contributed by atoms with Crippen molar-refractivity contribution < 1.29 is 5.11 Å². The van der Waals surface area contributed by atoms with Crippen molar-refractivity contribution in [2.24, 2.45) is 4.99 Å². The zero-order valence-corrected chi connectivity index (χ0v) is 14.1. The summed E-state index contributed by atoms with van der Waals surface area (Å²) >= 11 is 1.73. The molecule has 4 nitrogen and oxygen atoms in total. The van der Waals surface area contributed by atoms with Gasteiger partial charge in [-0.15, -0.1) is 11.3 Å². The van der Waals surface area contributed by atoms with Crippen molar-refractivity contribution >= 4 is 17.3 Å². The van der Waals surface area contributed by atoms with E-state index < -0.39 is 0 Å². The van der Waals surface area contributed by atoms with Crippen LogP contribution in [0.15, 0.2) is 34.6 Å². The van der Waals surface area contributed by atoms with Crippen molar-refractivity contribution in [1.82, 2.24) is 10.6 Å². The van der Waals surface area contributed by atoms with Gasteiger partial charge in [-0.05, 0) is 48.9 Å². The molecule has 0 aliphatic carbocycles. The van der Waals surface area contributed by atoms with Gasteiger partial charge in [0.25, 0.3) is 0 Å². The lowest BCUT2D eigenvalue weighted by molar-refractivity contribution is 0.466. The van der Waals surface area contributed by atoms with Crippen molar-refractivity contribution in [3.05, 3.63) is 51.2 Å². The zero-order valence-electron chi connectivity index (χ0n) is 13.3. The van der Waals surface area contributed by atoms with E-state index in [0.717, 1.165) is 35.7 Å². The molecule has 0 unspecified atom stereocenters. The van der Waals surface area contributed by atoms with E-state index >= 15 is 0 Å². The molecule has 0 bridgehead atoms. The van der Waals surface area contributed by atoms with Gasteiger partial charge in [-0.1, -0.05) is 18.2 Å². The molecule has 2 aromatic rings. The summed E-state index contributed by atoms with van der Waals surface area (Å²) in [5.74, 6) is 1.18. The van der Waals surface area contributed by atoms with Crippen LogP contribution in [0.5, 0.6) is 5.75 Å². The Morgan fingerprint density at radius 2 is 1.95 bits per heavy atom. The summed E-state index contributed by atoms with van der Waals surface area (Å²) in [6.45, 7) is 8.06. The van der Waals surface area contributed by atoms with E-state index in [1.54, 1.807) is 11.3 Å². The minimum Gasteiger partial charge on any atom is -0.507 e. The third kappa shape index (κ3) is 4.49. The molecule has 0 saturated carbocycles. The second-order valence-electron chi connectivity index (χ2n) is 5.21. The van der Waals surface area contributed by atoms with Crippen LogP contribution in [0.1, 0.15) is 28.5 Å².